The van der Waals surface area contributed by atoms with Crippen molar-refractivity contribution in [2.24, 2.45) is 23.2 Å². The standard InChI is InChI=1S/C49H54N8O7/c1-24(2)39(54-47(61)63-5)45(59)56-23-49(15-16-49)21-38(56)43-50-22-37(53-43)28-9-13-32-31-12-8-26(18-33(31)42(58)34(32)19-28)27-10-14-35-36(20-27)52-44(51-35)41-29-7-11-30(17-29)57(41)46(60)40(25(3)4)55-48(62)64-6/h8-10,12-14,18-20,22,24-25,29-30,38-41H,7,11,15-17,21,23H2,1-6H3,(H,50,53)(H,51,52)(H,54,61)(H,55,62)/t29-,30+,38-,39-,40-,41-/m0/s1. The Labute approximate surface area is 371 Å². The molecule has 332 valence electrons. The highest BCUT2D eigenvalue weighted by Crippen LogP contribution is 2.58. The van der Waals surface area contributed by atoms with Gasteiger partial charge in [0.2, 0.25) is 11.8 Å². The van der Waals surface area contributed by atoms with Gasteiger partial charge in [-0.15, -0.1) is 0 Å². The summed E-state index contributed by atoms with van der Waals surface area (Å²) in [6.07, 6.45) is 6.23. The third-order valence-electron chi connectivity index (χ3n) is 14.5. The quantitative estimate of drug-likeness (QED) is 0.107. The highest BCUT2D eigenvalue weighted by Gasteiger charge is 2.55. The van der Waals surface area contributed by atoms with Gasteiger partial charge in [0.15, 0.2) is 5.78 Å². The predicted octanol–water partition coefficient (Wildman–Crippen LogP) is 7.70. The van der Waals surface area contributed by atoms with Crippen LogP contribution in [0.4, 0.5) is 9.59 Å². The highest BCUT2D eigenvalue weighted by molar-refractivity contribution is 6.22. The van der Waals surface area contributed by atoms with E-state index in [1.807, 2.05) is 92.1 Å². The maximum absolute atomic E-state index is 14.2. The number of hydrogen-bond donors (Lipinski definition) is 4. The van der Waals surface area contributed by atoms with Gasteiger partial charge in [-0.1, -0.05) is 58.0 Å². The zero-order chi connectivity index (χ0) is 44.8. The number of alkyl carbamates (subject to hydrolysis) is 2. The zero-order valence-corrected chi connectivity index (χ0v) is 37.0. The van der Waals surface area contributed by atoms with Crippen LogP contribution in [0, 0.1) is 23.2 Å². The fourth-order valence-electron chi connectivity index (χ4n) is 10.9. The van der Waals surface area contributed by atoms with Crippen molar-refractivity contribution in [2.75, 3.05) is 20.8 Å². The molecule has 2 saturated carbocycles. The van der Waals surface area contributed by atoms with Gasteiger partial charge >= 0.3 is 12.2 Å². The summed E-state index contributed by atoms with van der Waals surface area (Å²) in [5.74, 6) is 1.10. The number of carbonyl (C=O) groups excluding carboxylic acids is 5. The number of piperidine rings is 1. The van der Waals surface area contributed by atoms with E-state index in [4.69, 9.17) is 19.4 Å². The van der Waals surface area contributed by atoms with Crippen LogP contribution in [0.1, 0.15) is 106 Å². The number of nitrogens with one attached hydrogen (secondary N) is 4. The summed E-state index contributed by atoms with van der Waals surface area (Å²) < 4.78 is 9.67. The number of rotatable bonds is 10. The Balaban J connectivity index is 0.881. The van der Waals surface area contributed by atoms with Crippen LogP contribution in [0.15, 0.2) is 60.8 Å². The van der Waals surface area contributed by atoms with Gasteiger partial charge in [-0.25, -0.2) is 19.6 Å². The Kier molecular flexibility index (Phi) is 10.1. The maximum Gasteiger partial charge on any atom is 0.407 e. The number of nitrogens with zero attached hydrogens (tertiary/aromatic N) is 4. The van der Waals surface area contributed by atoms with Crippen molar-refractivity contribution in [3.8, 4) is 33.5 Å². The molecule has 0 unspecified atom stereocenters. The number of hydrogen-bond acceptors (Lipinski definition) is 9. The number of likely N-dealkylation sites (tertiary alicyclic amines) is 2. The summed E-state index contributed by atoms with van der Waals surface area (Å²) in [6, 6.07) is 16.1. The second-order valence-electron chi connectivity index (χ2n) is 19.2. The first-order chi connectivity index (χ1) is 30.8. The molecular weight excluding hydrogens is 813 g/mol. The SMILES string of the molecule is COC(=O)N[C@H](C(=O)N1CC2(CC2)C[C@H]1c1ncc(-c2ccc3c(c2)C(=O)c2cc(-c4ccc5nc([C@@H]6[C@H]7CC[C@H](C7)N6C(=O)[C@@H](NC(=O)OC)C(C)C)[nH]c5c4)ccc2-3)[nH]1)C(C)C. The molecule has 3 aromatic carbocycles. The molecule has 5 aromatic rings. The second-order valence-corrected chi connectivity index (χ2v) is 19.2. The second kappa shape index (κ2) is 15.6. The van der Waals surface area contributed by atoms with Crippen molar-refractivity contribution in [1.29, 1.82) is 0 Å². The van der Waals surface area contributed by atoms with E-state index >= 15 is 0 Å². The molecule has 64 heavy (non-hydrogen) atoms. The molecule has 2 aromatic heterocycles. The van der Waals surface area contributed by atoms with Crippen molar-refractivity contribution in [3.05, 3.63) is 83.6 Å². The average Bonchev–Trinajstić information content (AvgIpc) is 3.96. The third-order valence-corrected chi connectivity index (χ3v) is 14.5. The molecule has 2 bridgehead atoms. The van der Waals surface area contributed by atoms with Crippen LogP contribution in [0.25, 0.3) is 44.5 Å². The number of methoxy groups -OCH3 is 2. The predicted molar refractivity (Wildman–Crippen MR) is 238 cm³/mol. The zero-order valence-electron chi connectivity index (χ0n) is 37.0. The smallest absolute Gasteiger partial charge is 0.407 e. The minimum atomic E-state index is -0.728. The Morgan fingerprint density at radius 1 is 0.766 bits per heavy atom. The number of amides is 4. The molecule has 4 fully saturated rings. The van der Waals surface area contributed by atoms with E-state index < -0.39 is 24.3 Å². The summed E-state index contributed by atoms with van der Waals surface area (Å²) in [7, 11) is 2.59. The van der Waals surface area contributed by atoms with Crippen molar-refractivity contribution in [1.82, 2.24) is 40.4 Å². The number of aromatic amines is 2. The molecular formula is C49H54N8O7. The van der Waals surface area contributed by atoms with E-state index in [0.717, 1.165) is 88.9 Å². The summed E-state index contributed by atoms with van der Waals surface area (Å²) in [6.45, 7) is 8.26. The van der Waals surface area contributed by atoms with E-state index in [-0.39, 0.29) is 58.9 Å². The van der Waals surface area contributed by atoms with Crippen LogP contribution in [0.5, 0.6) is 0 Å². The van der Waals surface area contributed by atoms with E-state index in [1.54, 1.807) is 6.20 Å². The molecule has 3 aliphatic carbocycles. The first-order valence-electron chi connectivity index (χ1n) is 22.5. The van der Waals surface area contributed by atoms with Crippen molar-refractivity contribution in [3.63, 3.8) is 0 Å². The minimum absolute atomic E-state index is 0.0538. The van der Waals surface area contributed by atoms with E-state index in [9.17, 15) is 24.0 Å². The van der Waals surface area contributed by atoms with E-state index in [0.29, 0.717) is 23.5 Å². The molecule has 4 heterocycles. The fraction of sp³-hybridized carbons (Fsp3) is 0.449. The van der Waals surface area contributed by atoms with Crippen LogP contribution >= 0.6 is 0 Å². The van der Waals surface area contributed by atoms with Crippen molar-refractivity contribution >= 4 is 40.8 Å². The summed E-state index contributed by atoms with van der Waals surface area (Å²) in [5, 5.41) is 5.50. The van der Waals surface area contributed by atoms with Gasteiger partial charge in [-0.2, -0.15) is 0 Å². The van der Waals surface area contributed by atoms with Crippen LogP contribution in [0.3, 0.4) is 0 Å². The normalized spacial score (nSPS) is 22.3. The molecule has 15 nitrogen and oxygen atoms in total. The van der Waals surface area contributed by atoms with Crippen LogP contribution in [0.2, 0.25) is 0 Å². The Bertz CT molecular complexity index is 2730. The number of H-pyrrole nitrogens is 2. The minimum Gasteiger partial charge on any atom is -0.453 e. The van der Waals surface area contributed by atoms with Gasteiger partial charge in [0.25, 0.3) is 0 Å². The van der Waals surface area contributed by atoms with Gasteiger partial charge in [0, 0.05) is 29.3 Å². The number of benzene rings is 3. The number of carbonyl (C=O) groups is 5. The summed E-state index contributed by atoms with van der Waals surface area (Å²) in [5.41, 5.74) is 8.08. The largest absolute Gasteiger partial charge is 0.453 e. The first-order valence-corrected chi connectivity index (χ1v) is 22.5. The lowest BCUT2D eigenvalue weighted by Crippen LogP contribution is -2.54. The van der Waals surface area contributed by atoms with Crippen molar-refractivity contribution in [2.45, 2.75) is 96.4 Å². The average molecular weight is 867 g/mol. The number of fused-ring (bicyclic) bond motifs is 6. The lowest BCUT2D eigenvalue weighted by molar-refractivity contribution is -0.139. The Morgan fingerprint density at radius 3 is 2.05 bits per heavy atom. The van der Waals surface area contributed by atoms with Crippen LogP contribution in [-0.2, 0) is 19.1 Å². The maximum atomic E-state index is 14.2. The van der Waals surface area contributed by atoms with E-state index in [1.165, 1.54) is 14.2 Å². The molecule has 1 spiro atoms. The molecule has 4 amide bonds. The molecule has 2 aliphatic heterocycles. The van der Waals surface area contributed by atoms with Gasteiger partial charge in [-0.3, -0.25) is 14.4 Å². The van der Waals surface area contributed by atoms with Gasteiger partial charge in [0.1, 0.15) is 23.7 Å². The Hall–Kier alpha value is -6.51. The molecule has 4 N–H and O–H groups in total. The first kappa shape index (κ1) is 41.5. The molecule has 10 rings (SSSR count). The highest BCUT2D eigenvalue weighted by atomic mass is 16.5. The molecule has 15 heteroatoms. The summed E-state index contributed by atoms with van der Waals surface area (Å²) in [4.78, 5) is 87.2. The monoisotopic (exact) mass is 866 g/mol. The molecule has 2 saturated heterocycles. The third kappa shape index (κ3) is 6.99. The number of ketones is 1. The fourth-order valence-corrected chi connectivity index (χ4v) is 10.9. The van der Waals surface area contributed by atoms with E-state index in [2.05, 4.69) is 20.6 Å². The van der Waals surface area contributed by atoms with Crippen LogP contribution in [-0.4, -0.2) is 98.4 Å². The topological polar surface area (TPSA) is 192 Å². The molecule has 6 atom stereocenters. The number of imidazole rings is 2. The molecule has 0 radical (unpaired) electrons. The van der Waals surface area contributed by atoms with Crippen LogP contribution < -0.4 is 10.6 Å². The van der Waals surface area contributed by atoms with Gasteiger partial charge in [0.05, 0.1) is 49.2 Å². The number of aromatic nitrogens is 4. The van der Waals surface area contributed by atoms with Gasteiger partial charge in [-0.05, 0) is 108 Å². The van der Waals surface area contributed by atoms with Gasteiger partial charge < -0.3 is 39.9 Å². The summed E-state index contributed by atoms with van der Waals surface area (Å²) >= 11 is 0. The lowest BCUT2D eigenvalue weighted by Gasteiger charge is -2.37. The molecule has 5 aliphatic rings. The van der Waals surface area contributed by atoms with Crippen molar-refractivity contribution < 1.29 is 33.4 Å². The lowest BCUT2D eigenvalue weighted by atomic mass is 9.95. The number of ether oxygens (including phenoxy) is 2. The Morgan fingerprint density at radius 2 is 1.39 bits per heavy atom.